The normalized spacial score (nSPS) is 19.1. The number of benzene rings is 1. The molecule has 1 aromatic rings. The van der Waals surface area contributed by atoms with Crippen LogP contribution < -0.4 is 10.2 Å². The number of hydrogen-bond donors (Lipinski definition) is 2. The van der Waals surface area contributed by atoms with Crippen LogP contribution in [0.3, 0.4) is 0 Å². The molecule has 1 saturated heterocycles. The van der Waals surface area contributed by atoms with Gasteiger partial charge in [0.2, 0.25) is 5.91 Å². The molecule has 33 heavy (non-hydrogen) atoms. The number of para-hydroxylation sites is 1. The van der Waals surface area contributed by atoms with Crippen LogP contribution in [0.2, 0.25) is 0 Å². The first kappa shape index (κ1) is 24.8. The molecule has 1 fully saturated rings. The van der Waals surface area contributed by atoms with Crippen molar-refractivity contribution in [2.75, 3.05) is 23.7 Å². The summed E-state index contributed by atoms with van der Waals surface area (Å²) in [6.45, 7) is 2.98. The summed E-state index contributed by atoms with van der Waals surface area (Å²) in [6, 6.07) is 6.77. The minimum Gasteiger partial charge on any atom is -0.329 e. The fourth-order valence-electron chi connectivity index (χ4n) is 3.29. The number of rotatable bonds is 7. The molecule has 0 saturated carbocycles. The van der Waals surface area contributed by atoms with E-state index in [1.807, 2.05) is 13.0 Å². The molecular formula is C21H21N3O6S3. The largest absolute Gasteiger partial charge is 0.329 e. The zero-order valence-electron chi connectivity index (χ0n) is 17.8. The van der Waals surface area contributed by atoms with Crippen LogP contribution >= 0.6 is 24.0 Å². The lowest BCUT2D eigenvalue weighted by molar-refractivity contribution is -0.122. The number of carbonyl (C=O) groups excluding carboxylic acids is 3. The van der Waals surface area contributed by atoms with E-state index in [-0.39, 0.29) is 27.9 Å². The first-order valence-electron chi connectivity index (χ1n) is 9.77. The van der Waals surface area contributed by atoms with Gasteiger partial charge in [-0.3, -0.25) is 28.7 Å². The number of amides is 3. The van der Waals surface area contributed by atoms with E-state index in [9.17, 15) is 22.8 Å². The lowest BCUT2D eigenvalue weighted by Gasteiger charge is -2.17. The van der Waals surface area contributed by atoms with Gasteiger partial charge in [-0.15, -0.1) is 0 Å². The maximum Gasteiger partial charge on any atom is 0.267 e. The van der Waals surface area contributed by atoms with E-state index in [0.717, 1.165) is 16.7 Å². The summed E-state index contributed by atoms with van der Waals surface area (Å²) in [5.74, 6) is -2.24. The number of hydrogen-bond acceptors (Lipinski definition) is 7. The van der Waals surface area contributed by atoms with Crippen molar-refractivity contribution in [3.05, 3.63) is 58.7 Å². The smallest absolute Gasteiger partial charge is 0.267 e. The van der Waals surface area contributed by atoms with Crippen LogP contribution in [-0.2, 0) is 24.5 Å². The van der Waals surface area contributed by atoms with Gasteiger partial charge in [0.05, 0.1) is 21.9 Å². The number of fused-ring (bicyclic) bond motifs is 1. The Balaban J connectivity index is 1.91. The Hall–Kier alpha value is -2.80. The third-order valence-electron chi connectivity index (χ3n) is 4.75. The van der Waals surface area contributed by atoms with Gasteiger partial charge in [0.25, 0.3) is 21.9 Å². The summed E-state index contributed by atoms with van der Waals surface area (Å²) >= 11 is 6.08. The number of thioether (sulfide) groups is 1. The Morgan fingerprint density at radius 1 is 1.21 bits per heavy atom. The van der Waals surface area contributed by atoms with E-state index in [2.05, 4.69) is 5.32 Å². The second-order valence-electron chi connectivity index (χ2n) is 7.15. The molecular weight excluding hydrogens is 486 g/mol. The van der Waals surface area contributed by atoms with Crippen LogP contribution in [0.4, 0.5) is 5.69 Å². The van der Waals surface area contributed by atoms with Gasteiger partial charge in [-0.25, -0.2) is 0 Å². The molecule has 9 nitrogen and oxygen atoms in total. The second-order valence-corrected chi connectivity index (χ2v) is 10.4. The summed E-state index contributed by atoms with van der Waals surface area (Å²) in [7, 11) is -4.30. The highest BCUT2D eigenvalue weighted by molar-refractivity contribution is 8.26. The average molecular weight is 508 g/mol. The van der Waals surface area contributed by atoms with E-state index in [4.69, 9.17) is 16.8 Å². The van der Waals surface area contributed by atoms with Crippen molar-refractivity contribution in [1.29, 1.82) is 0 Å². The maximum absolute atomic E-state index is 13.3. The molecule has 3 rings (SSSR count). The zero-order valence-corrected chi connectivity index (χ0v) is 20.2. The van der Waals surface area contributed by atoms with Gasteiger partial charge >= 0.3 is 0 Å². The molecule has 0 bridgehead atoms. The first-order chi connectivity index (χ1) is 15.5. The summed E-state index contributed by atoms with van der Waals surface area (Å²) < 4.78 is 31.2. The maximum atomic E-state index is 13.3. The number of thiocarbonyl (C=S) groups is 1. The van der Waals surface area contributed by atoms with Gasteiger partial charge in [0, 0.05) is 17.8 Å². The number of allylic oxidation sites excluding steroid dienone is 4. The molecule has 0 unspecified atom stereocenters. The van der Waals surface area contributed by atoms with E-state index >= 15 is 0 Å². The topological polar surface area (TPSA) is 124 Å². The SMILES string of the molecule is C/C=C\C=C(/C)NC(=O)CN1C(=O)/C(=C2/SC(=S)N(CCS(=O)(=O)O)C2=O)c2ccccc21. The Labute approximate surface area is 200 Å². The average Bonchev–Trinajstić information content (AvgIpc) is 3.17. The number of nitrogens with one attached hydrogen (secondary N) is 1. The van der Waals surface area contributed by atoms with E-state index < -0.39 is 33.6 Å². The Morgan fingerprint density at radius 2 is 1.91 bits per heavy atom. The molecule has 1 aromatic carbocycles. The molecule has 0 atom stereocenters. The van der Waals surface area contributed by atoms with Crippen LogP contribution in [-0.4, -0.2) is 58.8 Å². The van der Waals surface area contributed by atoms with Gasteiger partial charge in [-0.1, -0.05) is 54.3 Å². The van der Waals surface area contributed by atoms with Crippen molar-refractivity contribution in [3.63, 3.8) is 0 Å². The minimum absolute atomic E-state index is 0.0554. The minimum atomic E-state index is -4.30. The standard InChI is InChI=1S/C21H21N3O6S3/c1-3-4-7-13(2)22-16(25)12-24-15-9-6-5-8-14(15)17(19(24)26)18-20(27)23(21(31)32-18)10-11-33(28,29)30/h3-9H,10-12H2,1-2H3,(H,22,25)(H,28,29,30)/b4-3-,13-7+,18-17+. The highest BCUT2D eigenvalue weighted by atomic mass is 32.2. The summed E-state index contributed by atoms with van der Waals surface area (Å²) in [5, 5.41) is 2.71. The summed E-state index contributed by atoms with van der Waals surface area (Å²) in [5.41, 5.74) is 1.67. The molecule has 174 valence electrons. The Morgan fingerprint density at radius 3 is 2.58 bits per heavy atom. The van der Waals surface area contributed by atoms with Crippen molar-refractivity contribution >= 4 is 67.4 Å². The quantitative estimate of drug-likeness (QED) is 0.249. The summed E-state index contributed by atoms with van der Waals surface area (Å²) in [6.07, 6.45) is 5.31. The summed E-state index contributed by atoms with van der Waals surface area (Å²) in [4.78, 5) is 41.2. The van der Waals surface area contributed by atoms with Gasteiger partial charge < -0.3 is 5.32 Å². The Bertz CT molecular complexity index is 1230. The van der Waals surface area contributed by atoms with Crippen LogP contribution in [0.25, 0.3) is 5.57 Å². The van der Waals surface area contributed by atoms with Gasteiger partial charge in [0.1, 0.15) is 10.9 Å². The predicted octanol–water partition coefficient (Wildman–Crippen LogP) is 2.09. The second kappa shape index (κ2) is 10.00. The fraction of sp³-hybridized carbons (Fsp3) is 0.238. The van der Waals surface area contributed by atoms with E-state index in [1.54, 1.807) is 43.3 Å². The zero-order chi connectivity index (χ0) is 24.3. The first-order valence-corrected chi connectivity index (χ1v) is 12.6. The molecule has 2 heterocycles. The molecule has 3 amide bonds. The number of nitrogens with zero attached hydrogens (tertiary/aromatic N) is 2. The molecule has 2 aliphatic rings. The highest BCUT2D eigenvalue weighted by Crippen LogP contribution is 2.44. The number of anilines is 1. The highest BCUT2D eigenvalue weighted by Gasteiger charge is 2.42. The molecule has 0 aliphatic carbocycles. The van der Waals surface area contributed by atoms with Gasteiger partial charge in [-0.05, 0) is 26.0 Å². The van der Waals surface area contributed by atoms with Crippen molar-refractivity contribution in [3.8, 4) is 0 Å². The van der Waals surface area contributed by atoms with E-state index in [0.29, 0.717) is 16.9 Å². The number of carbonyl (C=O) groups is 3. The van der Waals surface area contributed by atoms with Crippen molar-refractivity contribution < 1.29 is 27.4 Å². The van der Waals surface area contributed by atoms with Crippen molar-refractivity contribution in [2.45, 2.75) is 13.8 Å². The monoisotopic (exact) mass is 507 g/mol. The van der Waals surface area contributed by atoms with Gasteiger partial charge in [-0.2, -0.15) is 8.42 Å². The lowest BCUT2D eigenvalue weighted by atomic mass is 10.1. The van der Waals surface area contributed by atoms with Gasteiger partial charge in [0.15, 0.2) is 0 Å². The predicted molar refractivity (Wildman–Crippen MR) is 131 cm³/mol. The molecule has 0 radical (unpaired) electrons. The van der Waals surface area contributed by atoms with Crippen LogP contribution in [0.15, 0.2) is 53.1 Å². The van der Waals surface area contributed by atoms with Crippen LogP contribution in [0.5, 0.6) is 0 Å². The third-order valence-corrected chi connectivity index (χ3v) is 6.90. The molecule has 12 heteroatoms. The fourth-order valence-corrected chi connectivity index (χ4v) is 5.08. The van der Waals surface area contributed by atoms with Crippen molar-refractivity contribution in [2.24, 2.45) is 0 Å². The lowest BCUT2D eigenvalue weighted by Crippen LogP contribution is -2.38. The molecule has 2 aliphatic heterocycles. The van der Waals surface area contributed by atoms with E-state index in [1.165, 1.54) is 4.90 Å². The van der Waals surface area contributed by atoms with Crippen molar-refractivity contribution in [1.82, 2.24) is 10.2 Å². The van der Waals surface area contributed by atoms with Crippen LogP contribution in [0, 0.1) is 0 Å². The molecule has 0 aromatic heterocycles. The molecule has 0 spiro atoms. The molecule has 2 N–H and O–H groups in total. The third kappa shape index (κ3) is 5.58. The Kier molecular flexibility index (Phi) is 7.52. The van der Waals surface area contributed by atoms with Crippen LogP contribution in [0.1, 0.15) is 19.4 Å².